The number of nitrogens with one attached hydrogen (secondary N) is 1. The fraction of sp³-hybridized carbons (Fsp3) is 0.600. The fourth-order valence-electron chi connectivity index (χ4n) is 1.42. The Labute approximate surface area is 98.8 Å². The monoisotopic (exact) mass is 240 g/mol. The lowest BCUT2D eigenvalue weighted by atomic mass is 10.2. The number of rotatable bonds is 6. The standard InChI is InChI=1S/C10H16N4O3/c1-7(2)14(5-10(16)17)9(15)4-3-8-11-6-12-13-8/h6-7H,3-5H2,1-2H3,(H,16,17)(H,11,12,13). The summed E-state index contributed by atoms with van der Waals surface area (Å²) in [7, 11) is 0. The van der Waals surface area contributed by atoms with Gasteiger partial charge in [-0.2, -0.15) is 5.10 Å². The first kappa shape index (κ1) is 13.1. The summed E-state index contributed by atoms with van der Waals surface area (Å²) in [6, 6.07) is -0.131. The van der Waals surface area contributed by atoms with E-state index in [9.17, 15) is 9.59 Å². The van der Waals surface area contributed by atoms with Gasteiger partial charge in [0.15, 0.2) is 0 Å². The van der Waals surface area contributed by atoms with Crippen LogP contribution in [0.3, 0.4) is 0 Å². The van der Waals surface area contributed by atoms with Gasteiger partial charge in [-0.15, -0.1) is 0 Å². The smallest absolute Gasteiger partial charge is 0.323 e. The van der Waals surface area contributed by atoms with E-state index in [2.05, 4.69) is 15.2 Å². The molecule has 0 unspecified atom stereocenters. The topological polar surface area (TPSA) is 99.2 Å². The van der Waals surface area contributed by atoms with E-state index >= 15 is 0 Å². The fourth-order valence-corrected chi connectivity index (χ4v) is 1.42. The van der Waals surface area contributed by atoms with Gasteiger partial charge >= 0.3 is 5.97 Å². The van der Waals surface area contributed by atoms with Gasteiger partial charge in [0.05, 0.1) is 0 Å². The van der Waals surface area contributed by atoms with E-state index in [1.54, 1.807) is 13.8 Å². The lowest BCUT2D eigenvalue weighted by molar-refractivity contribution is -0.145. The maximum Gasteiger partial charge on any atom is 0.323 e. The molecule has 7 heteroatoms. The number of amides is 1. The van der Waals surface area contributed by atoms with Crippen molar-refractivity contribution in [1.82, 2.24) is 20.1 Å². The predicted molar refractivity (Wildman–Crippen MR) is 59.2 cm³/mol. The first-order chi connectivity index (χ1) is 8.00. The average molecular weight is 240 g/mol. The van der Waals surface area contributed by atoms with Gasteiger partial charge in [-0.1, -0.05) is 0 Å². The van der Waals surface area contributed by atoms with Crippen molar-refractivity contribution in [3.05, 3.63) is 12.2 Å². The van der Waals surface area contributed by atoms with Crippen LogP contribution in [-0.4, -0.2) is 49.7 Å². The highest BCUT2D eigenvalue weighted by Gasteiger charge is 2.19. The number of hydrogen-bond donors (Lipinski definition) is 2. The molecule has 0 aromatic carbocycles. The Morgan fingerprint density at radius 2 is 2.24 bits per heavy atom. The summed E-state index contributed by atoms with van der Waals surface area (Å²) in [6.07, 6.45) is 2.03. The van der Waals surface area contributed by atoms with Crippen LogP contribution in [0.15, 0.2) is 6.33 Å². The Hall–Kier alpha value is -1.92. The van der Waals surface area contributed by atoms with E-state index in [0.717, 1.165) is 0 Å². The van der Waals surface area contributed by atoms with Crippen LogP contribution in [-0.2, 0) is 16.0 Å². The molecule has 0 saturated carbocycles. The molecule has 0 spiro atoms. The van der Waals surface area contributed by atoms with Crippen molar-refractivity contribution in [2.24, 2.45) is 0 Å². The van der Waals surface area contributed by atoms with Gasteiger partial charge in [-0.25, -0.2) is 4.98 Å². The van der Waals surface area contributed by atoms with Crippen LogP contribution >= 0.6 is 0 Å². The molecule has 17 heavy (non-hydrogen) atoms. The Morgan fingerprint density at radius 1 is 1.53 bits per heavy atom. The van der Waals surface area contributed by atoms with E-state index < -0.39 is 5.97 Å². The number of carboxylic acid groups (broad SMARTS) is 1. The molecule has 0 bridgehead atoms. The molecule has 0 aliphatic carbocycles. The highest BCUT2D eigenvalue weighted by Crippen LogP contribution is 2.04. The molecule has 94 valence electrons. The van der Waals surface area contributed by atoms with Gasteiger partial charge < -0.3 is 10.0 Å². The molecule has 1 amide bonds. The van der Waals surface area contributed by atoms with Gasteiger partial charge in [0.2, 0.25) is 5.91 Å². The summed E-state index contributed by atoms with van der Waals surface area (Å²) >= 11 is 0. The summed E-state index contributed by atoms with van der Waals surface area (Å²) in [5, 5.41) is 15.0. The van der Waals surface area contributed by atoms with E-state index in [1.165, 1.54) is 11.2 Å². The number of H-pyrrole nitrogens is 1. The molecule has 0 saturated heterocycles. The molecule has 1 aromatic rings. The molecule has 0 fully saturated rings. The summed E-state index contributed by atoms with van der Waals surface area (Å²) in [5.74, 6) is -0.581. The second-order valence-corrected chi connectivity index (χ2v) is 3.94. The lowest BCUT2D eigenvalue weighted by Gasteiger charge is -2.24. The van der Waals surface area contributed by atoms with Crippen molar-refractivity contribution in [2.75, 3.05) is 6.54 Å². The second-order valence-electron chi connectivity index (χ2n) is 3.94. The third-order valence-electron chi connectivity index (χ3n) is 2.29. The molecule has 0 atom stereocenters. The summed E-state index contributed by atoms with van der Waals surface area (Å²) < 4.78 is 0. The van der Waals surface area contributed by atoms with E-state index in [0.29, 0.717) is 12.2 Å². The number of hydrogen-bond acceptors (Lipinski definition) is 4. The zero-order chi connectivity index (χ0) is 12.8. The second kappa shape index (κ2) is 5.97. The molecule has 2 N–H and O–H groups in total. The Balaban J connectivity index is 2.50. The maximum atomic E-state index is 11.8. The number of carbonyl (C=O) groups excluding carboxylic acids is 1. The molecular formula is C10H16N4O3. The van der Waals surface area contributed by atoms with Crippen molar-refractivity contribution in [3.8, 4) is 0 Å². The Bertz CT molecular complexity index is 375. The third-order valence-corrected chi connectivity index (χ3v) is 2.29. The molecule has 1 rings (SSSR count). The van der Waals surface area contributed by atoms with Crippen LogP contribution in [0.25, 0.3) is 0 Å². The molecule has 7 nitrogen and oxygen atoms in total. The first-order valence-corrected chi connectivity index (χ1v) is 5.36. The van der Waals surface area contributed by atoms with Crippen LogP contribution < -0.4 is 0 Å². The minimum absolute atomic E-state index is 0.131. The van der Waals surface area contributed by atoms with Crippen molar-refractivity contribution in [1.29, 1.82) is 0 Å². The summed E-state index contributed by atoms with van der Waals surface area (Å²) in [6.45, 7) is 3.30. The van der Waals surface area contributed by atoms with Crippen LogP contribution in [0, 0.1) is 0 Å². The molecular weight excluding hydrogens is 224 g/mol. The van der Waals surface area contributed by atoms with Crippen LogP contribution in [0.5, 0.6) is 0 Å². The van der Waals surface area contributed by atoms with E-state index in [4.69, 9.17) is 5.11 Å². The van der Waals surface area contributed by atoms with Crippen molar-refractivity contribution < 1.29 is 14.7 Å². The quantitative estimate of drug-likeness (QED) is 0.732. The maximum absolute atomic E-state index is 11.8. The molecule has 1 heterocycles. The van der Waals surface area contributed by atoms with Crippen molar-refractivity contribution >= 4 is 11.9 Å². The highest BCUT2D eigenvalue weighted by molar-refractivity contribution is 5.81. The number of aryl methyl sites for hydroxylation is 1. The van der Waals surface area contributed by atoms with Gasteiger partial charge in [0.25, 0.3) is 0 Å². The number of aliphatic carboxylic acids is 1. The van der Waals surface area contributed by atoms with Gasteiger partial charge in [-0.05, 0) is 13.8 Å². The first-order valence-electron chi connectivity index (χ1n) is 5.36. The van der Waals surface area contributed by atoms with Crippen molar-refractivity contribution in [2.45, 2.75) is 32.7 Å². The Morgan fingerprint density at radius 3 is 2.71 bits per heavy atom. The zero-order valence-corrected chi connectivity index (χ0v) is 9.88. The number of carboxylic acids is 1. The lowest BCUT2D eigenvalue weighted by Crippen LogP contribution is -2.40. The predicted octanol–water partition coefficient (Wildman–Crippen LogP) is 0.0589. The largest absolute Gasteiger partial charge is 0.480 e. The van der Waals surface area contributed by atoms with E-state index in [-0.39, 0.29) is 24.9 Å². The van der Waals surface area contributed by atoms with Crippen LogP contribution in [0.2, 0.25) is 0 Å². The number of nitrogens with zero attached hydrogens (tertiary/aromatic N) is 3. The number of aromatic amines is 1. The normalized spacial score (nSPS) is 10.5. The van der Waals surface area contributed by atoms with Gasteiger partial charge in [-0.3, -0.25) is 14.7 Å². The number of aromatic nitrogens is 3. The molecule has 0 aliphatic rings. The third kappa shape index (κ3) is 4.21. The average Bonchev–Trinajstić information content (AvgIpc) is 2.74. The minimum atomic E-state index is -1.01. The number of carbonyl (C=O) groups is 2. The molecule has 1 aromatic heterocycles. The molecule has 0 radical (unpaired) electrons. The molecule has 0 aliphatic heterocycles. The van der Waals surface area contributed by atoms with Gasteiger partial charge in [0.1, 0.15) is 18.7 Å². The highest BCUT2D eigenvalue weighted by atomic mass is 16.4. The van der Waals surface area contributed by atoms with Gasteiger partial charge in [0, 0.05) is 18.9 Å². The van der Waals surface area contributed by atoms with Crippen LogP contribution in [0.1, 0.15) is 26.1 Å². The van der Waals surface area contributed by atoms with Crippen LogP contribution in [0.4, 0.5) is 0 Å². The SMILES string of the molecule is CC(C)N(CC(=O)O)C(=O)CCc1ncn[nH]1. The van der Waals surface area contributed by atoms with Crippen molar-refractivity contribution in [3.63, 3.8) is 0 Å². The summed E-state index contributed by atoms with van der Waals surface area (Å²) in [5.41, 5.74) is 0. The summed E-state index contributed by atoms with van der Waals surface area (Å²) in [4.78, 5) is 27.7. The van der Waals surface area contributed by atoms with E-state index in [1.807, 2.05) is 0 Å². The minimum Gasteiger partial charge on any atom is -0.480 e. The Kier molecular flexibility index (Phi) is 4.62. The zero-order valence-electron chi connectivity index (χ0n) is 9.88.